The first kappa shape index (κ1) is 46.9. The summed E-state index contributed by atoms with van der Waals surface area (Å²) in [4.78, 5) is 14.4. The van der Waals surface area contributed by atoms with Crippen molar-refractivity contribution in [2.24, 2.45) is 17.8 Å². The van der Waals surface area contributed by atoms with Gasteiger partial charge in [-0.15, -0.1) is 0 Å². The number of carbonyl (C=O) groups excluding carboxylic acids is 1. The van der Waals surface area contributed by atoms with Crippen LogP contribution in [0.2, 0.25) is 0 Å². The van der Waals surface area contributed by atoms with Crippen molar-refractivity contribution in [1.29, 1.82) is 0 Å². The number of aliphatic hydroxyl groups is 3. The Morgan fingerprint density at radius 2 is 1.62 bits per heavy atom. The van der Waals surface area contributed by atoms with Crippen LogP contribution in [0.25, 0.3) is 0 Å². The quantitative estimate of drug-likeness (QED) is 0.223. The van der Waals surface area contributed by atoms with Gasteiger partial charge in [0.2, 0.25) is 0 Å². The standard InChI is InChI=1S/C48H66O14S/c1-25-10-9-11-32-23-55-45-40(49)28(4)18-35(48(32,45)52)46(51)58-34-19-33(61-47(22-34)16-14-27(3)43(62-47)31-15-17-63-24-31)13-12-26(2)42(25)59-39-21-37(54-8)44(30(6)57-39)60-38-20-36(53-7)41(50)29(5)56-38/h9-12,14-18,24-25,27,29-30,33-45,49-50,52H,13,19-23H2,1-8H3/b10-9-,26-12-,32-11?/t25-,27-,29-,30-,33+,34-,35-,36-,37-,38-,39-,40+,41-,42-,43?,44-,45+,47+,48+/m0/s1. The van der Waals surface area contributed by atoms with E-state index in [2.05, 4.69) is 37.4 Å². The third kappa shape index (κ3) is 9.51. The largest absolute Gasteiger partial charge is 0.462 e. The van der Waals surface area contributed by atoms with Crippen LogP contribution < -0.4 is 0 Å². The predicted octanol–water partition coefficient (Wildman–Crippen LogP) is 5.77. The minimum absolute atomic E-state index is 0.0247. The van der Waals surface area contributed by atoms with Crippen molar-refractivity contribution in [3.05, 3.63) is 81.6 Å². The number of ether oxygens (including phenoxy) is 10. The molecule has 15 heteroatoms. The third-order valence-corrected chi connectivity index (χ3v) is 14.8. The van der Waals surface area contributed by atoms with Crippen molar-refractivity contribution in [1.82, 2.24) is 0 Å². The number of hydrogen-bond donors (Lipinski definition) is 3. The maximum atomic E-state index is 14.4. The molecule has 0 saturated carbocycles. The van der Waals surface area contributed by atoms with Gasteiger partial charge < -0.3 is 62.7 Å². The molecule has 0 radical (unpaired) electrons. The van der Waals surface area contributed by atoms with Crippen LogP contribution in [0.15, 0.2) is 76.1 Å². The molecular weight excluding hydrogens is 833 g/mol. The molecule has 8 rings (SSSR count). The summed E-state index contributed by atoms with van der Waals surface area (Å²) >= 11 is 1.61. The molecule has 1 aromatic rings. The monoisotopic (exact) mass is 898 g/mol. The molecule has 7 aliphatic rings. The van der Waals surface area contributed by atoms with E-state index in [1.807, 2.05) is 37.5 Å². The molecule has 1 aliphatic carbocycles. The summed E-state index contributed by atoms with van der Waals surface area (Å²) in [5.74, 6) is -3.01. The number of aliphatic hydroxyl groups excluding tert-OH is 2. The van der Waals surface area contributed by atoms with Crippen molar-refractivity contribution >= 4 is 17.3 Å². The Morgan fingerprint density at radius 3 is 2.37 bits per heavy atom. The minimum atomic E-state index is -1.85. The van der Waals surface area contributed by atoms with Crippen molar-refractivity contribution < 1.29 is 67.5 Å². The number of thiophene rings is 1. The normalized spacial score (nSPS) is 47.2. The van der Waals surface area contributed by atoms with Gasteiger partial charge in [0.05, 0.1) is 49.3 Å². The van der Waals surface area contributed by atoms with E-state index in [1.165, 1.54) is 0 Å². The first-order valence-corrected chi connectivity index (χ1v) is 23.4. The van der Waals surface area contributed by atoms with Gasteiger partial charge in [-0.05, 0) is 79.3 Å². The van der Waals surface area contributed by atoms with Crippen LogP contribution >= 0.6 is 11.3 Å². The number of esters is 1. The van der Waals surface area contributed by atoms with E-state index < -0.39 is 96.9 Å². The average molecular weight is 899 g/mol. The summed E-state index contributed by atoms with van der Waals surface area (Å²) in [6.45, 7) is 11.7. The zero-order valence-corrected chi connectivity index (χ0v) is 38.4. The number of hydrogen-bond acceptors (Lipinski definition) is 15. The highest BCUT2D eigenvalue weighted by Gasteiger charge is 2.60. The van der Waals surface area contributed by atoms with Gasteiger partial charge in [0.1, 0.15) is 42.0 Å². The van der Waals surface area contributed by atoms with Crippen LogP contribution in [-0.2, 0) is 52.2 Å². The topological polar surface area (TPSA) is 170 Å². The van der Waals surface area contributed by atoms with E-state index in [-0.39, 0.29) is 37.1 Å². The van der Waals surface area contributed by atoms with Crippen LogP contribution in [0.5, 0.6) is 0 Å². The maximum absolute atomic E-state index is 14.4. The van der Waals surface area contributed by atoms with Gasteiger partial charge in [-0.3, -0.25) is 4.79 Å². The molecule has 1 unspecified atom stereocenters. The Hall–Kier alpha value is -2.61. The lowest BCUT2D eigenvalue weighted by Gasteiger charge is -2.47. The summed E-state index contributed by atoms with van der Waals surface area (Å²) in [6.07, 6.45) is 7.15. The number of allylic oxidation sites excluding steroid dienone is 2. The van der Waals surface area contributed by atoms with Gasteiger partial charge in [-0.25, -0.2) is 0 Å². The molecule has 1 spiro atoms. The molecule has 0 amide bonds. The highest BCUT2D eigenvalue weighted by molar-refractivity contribution is 7.08. The Kier molecular flexibility index (Phi) is 14.4. The van der Waals surface area contributed by atoms with Crippen molar-refractivity contribution in [3.8, 4) is 0 Å². The van der Waals surface area contributed by atoms with Crippen LogP contribution in [0, 0.1) is 17.8 Å². The Bertz CT molecular complexity index is 1910. The van der Waals surface area contributed by atoms with Crippen LogP contribution in [-0.4, -0.2) is 133 Å². The van der Waals surface area contributed by atoms with E-state index in [0.29, 0.717) is 36.8 Å². The smallest absolute Gasteiger partial charge is 0.316 e. The molecule has 1 aromatic heterocycles. The number of rotatable bonds is 7. The van der Waals surface area contributed by atoms with E-state index in [1.54, 1.807) is 51.6 Å². The zero-order chi connectivity index (χ0) is 44.8. The molecular formula is C48H66O14S. The summed E-state index contributed by atoms with van der Waals surface area (Å²) in [6, 6.07) is 2.06. The van der Waals surface area contributed by atoms with Gasteiger partial charge in [0, 0.05) is 51.7 Å². The molecule has 348 valence electrons. The van der Waals surface area contributed by atoms with E-state index in [9.17, 15) is 20.1 Å². The second kappa shape index (κ2) is 19.3. The average Bonchev–Trinajstić information content (AvgIpc) is 3.91. The van der Waals surface area contributed by atoms with Gasteiger partial charge >= 0.3 is 5.97 Å². The highest BCUT2D eigenvalue weighted by Crippen LogP contribution is 2.48. The third-order valence-electron chi connectivity index (χ3n) is 14.1. The number of carbonyl (C=O) groups is 1. The van der Waals surface area contributed by atoms with E-state index in [4.69, 9.17) is 47.4 Å². The predicted molar refractivity (Wildman–Crippen MR) is 231 cm³/mol. The Labute approximate surface area is 374 Å². The highest BCUT2D eigenvalue weighted by atomic mass is 32.1. The number of methoxy groups -OCH3 is 2. The zero-order valence-electron chi connectivity index (χ0n) is 37.6. The summed E-state index contributed by atoms with van der Waals surface area (Å²) < 4.78 is 63.7. The second-order valence-corrected chi connectivity index (χ2v) is 19.4. The summed E-state index contributed by atoms with van der Waals surface area (Å²) in [7, 11) is 3.22. The van der Waals surface area contributed by atoms with Crippen LogP contribution in [0.4, 0.5) is 0 Å². The van der Waals surface area contributed by atoms with Gasteiger partial charge in [-0.2, -0.15) is 11.3 Å². The molecule has 7 heterocycles. The first-order valence-electron chi connectivity index (χ1n) is 22.5. The lowest BCUT2D eigenvalue weighted by molar-refractivity contribution is -0.318. The van der Waals surface area contributed by atoms with E-state index in [0.717, 1.165) is 11.1 Å². The van der Waals surface area contributed by atoms with Gasteiger partial charge in [0.15, 0.2) is 18.4 Å². The van der Waals surface area contributed by atoms with Gasteiger partial charge in [0.25, 0.3) is 0 Å². The molecule has 19 atom stereocenters. The maximum Gasteiger partial charge on any atom is 0.316 e. The molecule has 63 heavy (non-hydrogen) atoms. The first-order chi connectivity index (χ1) is 30.1. The lowest BCUT2D eigenvalue weighted by atomic mass is 9.71. The summed E-state index contributed by atoms with van der Waals surface area (Å²) in [5.41, 5.74) is 1.15. The number of fused-ring (bicyclic) bond motifs is 2. The fourth-order valence-corrected chi connectivity index (χ4v) is 11.2. The molecule has 4 saturated heterocycles. The van der Waals surface area contributed by atoms with Crippen molar-refractivity contribution in [2.45, 2.75) is 171 Å². The molecule has 2 bridgehead atoms. The van der Waals surface area contributed by atoms with Gasteiger partial charge in [-0.1, -0.05) is 50.3 Å². The van der Waals surface area contributed by atoms with Crippen molar-refractivity contribution in [3.63, 3.8) is 0 Å². The minimum Gasteiger partial charge on any atom is -0.462 e. The molecule has 6 aliphatic heterocycles. The second-order valence-electron chi connectivity index (χ2n) is 18.6. The van der Waals surface area contributed by atoms with Crippen LogP contribution in [0.1, 0.15) is 85.3 Å². The fraction of sp³-hybridized carbons (Fsp3) is 0.688. The molecule has 0 aromatic carbocycles. The molecule has 3 N–H and O–H groups in total. The lowest BCUT2D eigenvalue weighted by Crippen LogP contribution is -2.58. The Morgan fingerprint density at radius 1 is 0.873 bits per heavy atom. The molecule has 14 nitrogen and oxygen atoms in total. The summed E-state index contributed by atoms with van der Waals surface area (Å²) in [5, 5.41) is 38.4. The van der Waals surface area contributed by atoms with Crippen LogP contribution in [0.3, 0.4) is 0 Å². The van der Waals surface area contributed by atoms with Crippen molar-refractivity contribution in [2.75, 3.05) is 20.8 Å². The molecule has 4 fully saturated rings. The SMILES string of the molecule is CO[C@H]1C[C@H](O[C@H]2[C@H](C)O[C@@H](O[C@@H]3/C(C)=C\C[C@@H]4C[C@@H](C[C@]5(C=C[C@H](C)C(c6ccsc6)O5)O4)OC(=O)[C@@H]4C=C(C)[C@@H](O)[C@H]5OCC(=C/C=C\[C@@H]3C)[C@]54O)C[C@@H]2OC)O[C@@H](C)[C@@H]1O. The Balaban J connectivity index is 1.09. The fourth-order valence-electron chi connectivity index (χ4n) is 10.5. The van der Waals surface area contributed by atoms with E-state index >= 15 is 0 Å².